The molecule has 0 saturated heterocycles. The Morgan fingerprint density at radius 1 is 1.46 bits per heavy atom. The van der Waals surface area contributed by atoms with Crippen LogP contribution in [0.3, 0.4) is 0 Å². The molecule has 0 aromatic carbocycles. The van der Waals surface area contributed by atoms with Gasteiger partial charge in [0.15, 0.2) is 0 Å². The summed E-state index contributed by atoms with van der Waals surface area (Å²) in [6.07, 6.45) is 1.63. The maximum absolute atomic E-state index is 11.3. The van der Waals surface area contributed by atoms with Gasteiger partial charge in [-0.15, -0.1) is 0 Å². The summed E-state index contributed by atoms with van der Waals surface area (Å²) in [4.78, 5) is 11.3. The number of esters is 1. The minimum absolute atomic E-state index is 0.0894. The van der Waals surface area contributed by atoms with Crippen LogP contribution in [0.15, 0.2) is 0 Å². The van der Waals surface area contributed by atoms with E-state index >= 15 is 0 Å². The van der Waals surface area contributed by atoms with Crippen molar-refractivity contribution in [3.63, 3.8) is 0 Å². The molecule has 0 aromatic rings. The molecule has 0 amide bonds. The first-order chi connectivity index (χ1) is 5.92. The summed E-state index contributed by atoms with van der Waals surface area (Å²) in [6.45, 7) is 6.36. The van der Waals surface area contributed by atoms with Crippen LogP contribution in [-0.2, 0) is 9.53 Å². The van der Waals surface area contributed by atoms with E-state index in [0.29, 0.717) is 24.8 Å². The first-order valence-corrected chi connectivity index (χ1v) is 4.84. The van der Waals surface area contributed by atoms with E-state index in [4.69, 9.17) is 10.5 Å². The highest BCUT2D eigenvalue weighted by Crippen LogP contribution is 2.40. The van der Waals surface area contributed by atoms with Crippen molar-refractivity contribution in [3.8, 4) is 0 Å². The Morgan fingerprint density at radius 3 is 2.46 bits per heavy atom. The second-order valence-electron chi connectivity index (χ2n) is 4.78. The van der Waals surface area contributed by atoms with E-state index < -0.39 is 0 Å². The van der Waals surface area contributed by atoms with Gasteiger partial charge in [-0.2, -0.15) is 0 Å². The van der Waals surface area contributed by atoms with Gasteiger partial charge in [-0.3, -0.25) is 4.79 Å². The lowest BCUT2D eigenvalue weighted by molar-refractivity contribution is -0.155. The number of rotatable bonds is 3. The summed E-state index contributed by atoms with van der Waals surface area (Å²) in [5, 5.41) is 0. The molecule has 2 atom stereocenters. The monoisotopic (exact) mass is 185 g/mol. The number of hydrogen-bond donors (Lipinski definition) is 1. The highest BCUT2D eigenvalue weighted by atomic mass is 16.6. The van der Waals surface area contributed by atoms with Gasteiger partial charge in [0.05, 0.1) is 0 Å². The molecule has 1 fully saturated rings. The van der Waals surface area contributed by atoms with Gasteiger partial charge in [0.25, 0.3) is 0 Å². The van der Waals surface area contributed by atoms with Crippen molar-refractivity contribution in [1.82, 2.24) is 0 Å². The maximum Gasteiger partial charge on any atom is 0.306 e. The molecule has 1 aliphatic rings. The summed E-state index contributed by atoms with van der Waals surface area (Å²) in [7, 11) is 0. The van der Waals surface area contributed by atoms with E-state index in [-0.39, 0.29) is 11.6 Å². The van der Waals surface area contributed by atoms with Crippen LogP contribution in [0.2, 0.25) is 0 Å². The van der Waals surface area contributed by atoms with Crippen molar-refractivity contribution in [2.45, 2.75) is 39.2 Å². The molecule has 0 aromatic heterocycles. The summed E-state index contributed by atoms with van der Waals surface area (Å²) < 4.78 is 5.20. The third-order valence-electron chi connectivity index (χ3n) is 2.22. The molecule has 0 bridgehead atoms. The van der Waals surface area contributed by atoms with E-state index in [0.717, 1.165) is 6.42 Å². The molecule has 3 nitrogen and oxygen atoms in total. The molecule has 0 radical (unpaired) electrons. The Kier molecular flexibility index (Phi) is 2.96. The highest BCUT2D eigenvalue weighted by molar-refractivity contribution is 5.70. The molecule has 76 valence electrons. The van der Waals surface area contributed by atoms with Crippen LogP contribution in [0.4, 0.5) is 0 Å². The van der Waals surface area contributed by atoms with E-state index in [2.05, 4.69) is 0 Å². The average molecular weight is 185 g/mol. The Labute approximate surface area is 79.6 Å². The van der Waals surface area contributed by atoms with Crippen LogP contribution in [0.5, 0.6) is 0 Å². The van der Waals surface area contributed by atoms with Crippen LogP contribution in [0.25, 0.3) is 0 Å². The van der Waals surface area contributed by atoms with Crippen LogP contribution in [0, 0.1) is 11.8 Å². The number of hydrogen-bond acceptors (Lipinski definition) is 3. The first kappa shape index (κ1) is 10.5. The van der Waals surface area contributed by atoms with Gasteiger partial charge >= 0.3 is 5.97 Å². The Hall–Kier alpha value is -0.570. The second kappa shape index (κ2) is 3.66. The average Bonchev–Trinajstić information content (AvgIpc) is 2.62. The standard InChI is InChI=1S/C10H19NO2/c1-10(2,3)13-9(12)5-7-4-8(7)6-11/h7-8H,4-6,11H2,1-3H3/t7-,8+/m0/s1. The highest BCUT2D eigenvalue weighted by Gasteiger charge is 2.38. The Balaban J connectivity index is 2.20. The normalized spacial score (nSPS) is 27.1. The van der Waals surface area contributed by atoms with Crippen LogP contribution >= 0.6 is 0 Å². The zero-order valence-corrected chi connectivity index (χ0v) is 8.67. The molecule has 0 aliphatic heterocycles. The number of carbonyl (C=O) groups is 1. The van der Waals surface area contributed by atoms with Crippen LogP contribution in [-0.4, -0.2) is 18.1 Å². The van der Waals surface area contributed by atoms with E-state index in [1.807, 2.05) is 20.8 Å². The molecule has 0 spiro atoms. The molecule has 0 unspecified atom stereocenters. The summed E-state index contributed by atoms with van der Waals surface area (Å²) in [5.41, 5.74) is 5.12. The predicted octanol–water partition coefficient (Wildman–Crippen LogP) is 1.31. The van der Waals surface area contributed by atoms with Gasteiger partial charge in [-0.05, 0) is 45.6 Å². The molecule has 13 heavy (non-hydrogen) atoms. The third-order valence-corrected chi connectivity index (χ3v) is 2.22. The van der Waals surface area contributed by atoms with Gasteiger partial charge in [0.2, 0.25) is 0 Å². The smallest absolute Gasteiger partial charge is 0.306 e. The van der Waals surface area contributed by atoms with E-state index in [9.17, 15) is 4.79 Å². The van der Waals surface area contributed by atoms with Crippen LogP contribution < -0.4 is 5.73 Å². The Morgan fingerprint density at radius 2 is 2.08 bits per heavy atom. The van der Waals surface area contributed by atoms with Gasteiger partial charge < -0.3 is 10.5 Å². The SMILES string of the molecule is CC(C)(C)OC(=O)C[C@@H]1C[C@@H]1CN. The lowest BCUT2D eigenvalue weighted by Crippen LogP contribution is -2.24. The fourth-order valence-electron chi connectivity index (χ4n) is 1.45. The molecule has 3 heteroatoms. The van der Waals surface area contributed by atoms with Crippen molar-refractivity contribution >= 4 is 5.97 Å². The lowest BCUT2D eigenvalue weighted by atomic mass is 10.2. The zero-order valence-electron chi connectivity index (χ0n) is 8.67. The fraction of sp³-hybridized carbons (Fsp3) is 0.900. The number of ether oxygens (including phenoxy) is 1. The molecule has 2 N–H and O–H groups in total. The van der Waals surface area contributed by atoms with Gasteiger partial charge in [-0.1, -0.05) is 0 Å². The Bertz CT molecular complexity index is 196. The zero-order chi connectivity index (χ0) is 10.1. The maximum atomic E-state index is 11.3. The van der Waals surface area contributed by atoms with E-state index in [1.54, 1.807) is 0 Å². The first-order valence-electron chi connectivity index (χ1n) is 4.84. The quantitative estimate of drug-likeness (QED) is 0.674. The lowest BCUT2D eigenvalue weighted by Gasteiger charge is -2.19. The third kappa shape index (κ3) is 3.77. The molecule has 1 aliphatic carbocycles. The number of carbonyl (C=O) groups excluding carboxylic acids is 1. The van der Waals surface area contributed by atoms with Crippen molar-refractivity contribution in [2.24, 2.45) is 17.6 Å². The molecule has 0 heterocycles. The largest absolute Gasteiger partial charge is 0.460 e. The minimum Gasteiger partial charge on any atom is -0.460 e. The summed E-state index contributed by atoms with van der Waals surface area (Å²) >= 11 is 0. The van der Waals surface area contributed by atoms with Gasteiger partial charge in [0.1, 0.15) is 5.60 Å². The van der Waals surface area contributed by atoms with Gasteiger partial charge in [0, 0.05) is 6.42 Å². The summed E-state index contributed by atoms with van der Waals surface area (Å²) in [5.74, 6) is 0.959. The molecule has 1 rings (SSSR count). The van der Waals surface area contributed by atoms with Crippen LogP contribution in [0.1, 0.15) is 33.6 Å². The topological polar surface area (TPSA) is 52.3 Å². The van der Waals surface area contributed by atoms with Crippen molar-refractivity contribution in [2.75, 3.05) is 6.54 Å². The summed E-state index contributed by atoms with van der Waals surface area (Å²) in [6, 6.07) is 0. The number of nitrogens with two attached hydrogens (primary N) is 1. The minimum atomic E-state index is -0.357. The fourth-order valence-corrected chi connectivity index (χ4v) is 1.45. The molecule has 1 saturated carbocycles. The van der Waals surface area contributed by atoms with Crippen molar-refractivity contribution < 1.29 is 9.53 Å². The van der Waals surface area contributed by atoms with Crippen molar-refractivity contribution in [1.29, 1.82) is 0 Å². The van der Waals surface area contributed by atoms with Crippen molar-refractivity contribution in [3.05, 3.63) is 0 Å². The second-order valence-corrected chi connectivity index (χ2v) is 4.78. The predicted molar refractivity (Wildman–Crippen MR) is 51.1 cm³/mol. The van der Waals surface area contributed by atoms with Gasteiger partial charge in [-0.25, -0.2) is 0 Å². The molecular weight excluding hydrogens is 166 g/mol. The molecular formula is C10H19NO2. The van der Waals surface area contributed by atoms with E-state index in [1.165, 1.54) is 0 Å².